The Labute approximate surface area is 99.3 Å². The van der Waals surface area contributed by atoms with Crippen molar-refractivity contribution in [2.75, 3.05) is 0 Å². The summed E-state index contributed by atoms with van der Waals surface area (Å²) < 4.78 is 0. The number of rotatable bonds is 4. The second kappa shape index (κ2) is 5.50. The fraction of sp³-hybridized carbons (Fsp3) is 1.00. The van der Waals surface area contributed by atoms with Gasteiger partial charge in [-0.25, -0.2) is 4.89 Å². The summed E-state index contributed by atoms with van der Waals surface area (Å²) in [6.45, 7) is 2.21. The molecule has 1 N–H and O–H groups in total. The van der Waals surface area contributed by atoms with Gasteiger partial charge in [0.15, 0.2) is 0 Å². The zero-order chi connectivity index (χ0) is 11.4. The Morgan fingerprint density at radius 2 is 1.94 bits per heavy atom. The number of fused-ring (bicyclic) bond motifs is 1. The van der Waals surface area contributed by atoms with Gasteiger partial charge in [0.25, 0.3) is 0 Å². The standard InChI is InChI=1S/C14H26O2/c1-2-3-9-14(16-15)10-8-12-6-4-5-7-13(12)11-14/h12-13,15H,2-11H2,1H3. The van der Waals surface area contributed by atoms with Gasteiger partial charge >= 0.3 is 0 Å². The van der Waals surface area contributed by atoms with Crippen LogP contribution in [0, 0.1) is 11.8 Å². The van der Waals surface area contributed by atoms with Crippen LogP contribution < -0.4 is 0 Å². The average Bonchev–Trinajstić information content (AvgIpc) is 2.36. The lowest BCUT2D eigenvalue weighted by Gasteiger charge is -2.44. The highest BCUT2D eigenvalue weighted by Gasteiger charge is 2.42. The lowest BCUT2D eigenvalue weighted by molar-refractivity contribution is -0.338. The Bertz CT molecular complexity index is 217. The Kier molecular flexibility index (Phi) is 4.26. The van der Waals surface area contributed by atoms with E-state index >= 15 is 0 Å². The van der Waals surface area contributed by atoms with Crippen molar-refractivity contribution < 1.29 is 10.1 Å². The highest BCUT2D eigenvalue weighted by Crippen LogP contribution is 2.47. The van der Waals surface area contributed by atoms with Crippen LogP contribution >= 0.6 is 0 Å². The van der Waals surface area contributed by atoms with Gasteiger partial charge in [-0.1, -0.05) is 45.4 Å². The van der Waals surface area contributed by atoms with Gasteiger partial charge in [-0.2, -0.15) is 0 Å². The normalized spacial score (nSPS) is 39.4. The first-order valence-electron chi connectivity index (χ1n) is 7.12. The Hall–Kier alpha value is -0.0800. The van der Waals surface area contributed by atoms with Crippen LogP contribution in [0.3, 0.4) is 0 Å². The van der Waals surface area contributed by atoms with E-state index in [2.05, 4.69) is 6.92 Å². The van der Waals surface area contributed by atoms with E-state index in [0.717, 1.165) is 31.1 Å². The maximum absolute atomic E-state index is 9.26. The van der Waals surface area contributed by atoms with Crippen LogP contribution in [0.1, 0.15) is 71.1 Å². The van der Waals surface area contributed by atoms with Gasteiger partial charge in [0.1, 0.15) is 5.60 Å². The summed E-state index contributed by atoms with van der Waals surface area (Å²) in [6, 6.07) is 0. The SMILES string of the molecule is CCCCC1(OO)CCC2CCCCC2C1. The summed E-state index contributed by atoms with van der Waals surface area (Å²) in [5.74, 6) is 1.75. The minimum atomic E-state index is -0.186. The molecule has 0 spiro atoms. The monoisotopic (exact) mass is 226 g/mol. The number of unbranched alkanes of at least 4 members (excludes halogenated alkanes) is 1. The molecule has 2 heteroatoms. The van der Waals surface area contributed by atoms with Crippen molar-refractivity contribution in [2.24, 2.45) is 11.8 Å². The van der Waals surface area contributed by atoms with Crippen LogP contribution in [0.2, 0.25) is 0 Å². The lowest BCUT2D eigenvalue weighted by atomic mass is 9.65. The lowest BCUT2D eigenvalue weighted by Crippen LogP contribution is -2.42. The molecule has 0 amide bonds. The van der Waals surface area contributed by atoms with E-state index < -0.39 is 0 Å². The fourth-order valence-electron chi connectivity index (χ4n) is 3.82. The summed E-state index contributed by atoms with van der Waals surface area (Å²) in [6.07, 6.45) is 12.5. The summed E-state index contributed by atoms with van der Waals surface area (Å²) in [5, 5.41) is 9.26. The van der Waals surface area contributed by atoms with Gasteiger partial charge in [0.2, 0.25) is 0 Å². The van der Waals surface area contributed by atoms with Gasteiger partial charge in [-0.3, -0.25) is 5.26 Å². The Balaban J connectivity index is 1.95. The van der Waals surface area contributed by atoms with Crippen molar-refractivity contribution in [3.05, 3.63) is 0 Å². The second-order valence-corrected chi connectivity index (χ2v) is 5.93. The molecule has 0 aromatic rings. The van der Waals surface area contributed by atoms with E-state index in [1.54, 1.807) is 0 Å². The van der Waals surface area contributed by atoms with E-state index in [0.29, 0.717) is 0 Å². The van der Waals surface area contributed by atoms with Gasteiger partial charge in [-0.15, -0.1) is 0 Å². The molecule has 2 saturated carbocycles. The van der Waals surface area contributed by atoms with E-state index in [1.807, 2.05) is 0 Å². The number of hydrogen-bond acceptors (Lipinski definition) is 2. The topological polar surface area (TPSA) is 29.5 Å². The van der Waals surface area contributed by atoms with Crippen LogP contribution in [-0.2, 0) is 4.89 Å². The molecule has 94 valence electrons. The molecule has 0 aromatic carbocycles. The smallest absolute Gasteiger partial charge is 0.104 e. The largest absolute Gasteiger partial charge is 0.251 e. The molecule has 2 fully saturated rings. The molecule has 0 aromatic heterocycles. The molecule has 0 bridgehead atoms. The van der Waals surface area contributed by atoms with Crippen molar-refractivity contribution in [3.8, 4) is 0 Å². The van der Waals surface area contributed by atoms with Crippen molar-refractivity contribution in [1.82, 2.24) is 0 Å². The van der Waals surface area contributed by atoms with E-state index in [-0.39, 0.29) is 5.60 Å². The molecule has 3 atom stereocenters. The molecule has 0 saturated heterocycles. The molecule has 2 aliphatic rings. The van der Waals surface area contributed by atoms with Gasteiger partial charge in [-0.05, 0) is 37.5 Å². The first-order valence-corrected chi connectivity index (χ1v) is 7.12. The van der Waals surface area contributed by atoms with Crippen molar-refractivity contribution in [1.29, 1.82) is 0 Å². The molecule has 2 nitrogen and oxygen atoms in total. The predicted molar refractivity (Wildman–Crippen MR) is 65.3 cm³/mol. The summed E-state index contributed by atoms with van der Waals surface area (Å²) in [5.41, 5.74) is -0.186. The molecule has 2 aliphatic carbocycles. The van der Waals surface area contributed by atoms with E-state index in [1.165, 1.54) is 44.9 Å². The van der Waals surface area contributed by atoms with Gasteiger partial charge in [0, 0.05) is 0 Å². The Morgan fingerprint density at radius 3 is 2.62 bits per heavy atom. The van der Waals surface area contributed by atoms with E-state index in [4.69, 9.17) is 4.89 Å². The zero-order valence-corrected chi connectivity index (χ0v) is 10.6. The quantitative estimate of drug-likeness (QED) is 0.569. The molecule has 3 unspecified atom stereocenters. The zero-order valence-electron chi connectivity index (χ0n) is 10.6. The molecule has 0 aliphatic heterocycles. The van der Waals surface area contributed by atoms with Gasteiger partial charge in [0.05, 0.1) is 0 Å². The predicted octanol–water partition coefficient (Wildman–Crippen LogP) is 4.40. The summed E-state index contributed by atoms with van der Waals surface area (Å²) in [4.78, 5) is 4.93. The number of hydrogen-bond donors (Lipinski definition) is 1. The molecule has 0 heterocycles. The highest BCUT2D eigenvalue weighted by molar-refractivity contribution is 4.92. The molecular weight excluding hydrogens is 200 g/mol. The Morgan fingerprint density at radius 1 is 1.19 bits per heavy atom. The fourth-order valence-corrected chi connectivity index (χ4v) is 3.82. The maximum Gasteiger partial charge on any atom is 0.104 e. The maximum atomic E-state index is 9.26. The third kappa shape index (κ3) is 2.60. The third-order valence-electron chi connectivity index (χ3n) is 4.85. The highest BCUT2D eigenvalue weighted by atomic mass is 17.1. The van der Waals surface area contributed by atoms with Crippen LogP contribution in [-0.4, -0.2) is 10.9 Å². The van der Waals surface area contributed by atoms with Crippen molar-refractivity contribution in [3.63, 3.8) is 0 Å². The van der Waals surface area contributed by atoms with Crippen LogP contribution in [0.15, 0.2) is 0 Å². The summed E-state index contributed by atoms with van der Waals surface area (Å²) >= 11 is 0. The van der Waals surface area contributed by atoms with Crippen molar-refractivity contribution in [2.45, 2.75) is 76.7 Å². The molecule has 16 heavy (non-hydrogen) atoms. The van der Waals surface area contributed by atoms with Gasteiger partial charge < -0.3 is 0 Å². The average molecular weight is 226 g/mol. The summed E-state index contributed by atoms with van der Waals surface area (Å²) in [7, 11) is 0. The second-order valence-electron chi connectivity index (χ2n) is 5.93. The van der Waals surface area contributed by atoms with Crippen LogP contribution in [0.5, 0.6) is 0 Å². The van der Waals surface area contributed by atoms with Crippen LogP contribution in [0.25, 0.3) is 0 Å². The first kappa shape index (κ1) is 12.4. The minimum Gasteiger partial charge on any atom is -0.251 e. The van der Waals surface area contributed by atoms with E-state index in [9.17, 15) is 5.26 Å². The molecule has 0 radical (unpaired) electrons. The first-order chi connectivity index (χ1) is 7.79. The molecule has 2 rings (SSSR count). The van der Waals surface area contributed by atoms with Crippen molar-refractivity contribution >= 4 is 0 Å². The minimum absolute atomic E-state index is 0.186. The molecular formula is C14H26O2. The third-order valence-corrected chi connectivity index (χ3v) is 4.85. The van der Waals surface area contributed by atoms with Crippen LogP contribution in [0.4, 0.5) is 0 Å².